The Balaban J connectivity index is 3.14. The summed E-state index contributed by atoms with van der Waals surface area (Å²) in [4.78, 5) is 13.3. The number of benzene rings is 1. The van der Waals surface area contributed by atoms with Gasteiger partial charge in [-0.2, -0.15) is 0 Å². The number of carbonyl (C=O) groups is 1. The maximum absolute atomic E-state index is 11.3. The molecule has 0 amide bonds. The Hall–Kier alpha value is -0.780. The molecule has 0 aliphatic rings. The van der Waals surface area contributed by atoms with E-state index < -0.39 is 5.97 Å². The number of hydrogen-bond donors (Lipinski definition) is 1. The highest BCUT2D eigenvalue weighted by Gasteiger charge is 2.16. The number of hydrogen-bond acceptors (Lipinski definition) is 2. The molecule has 0 saturated carbocycles. The molecule has 0 aliphatic carbocycles. The van der Waals surface area contributed by atoms with Crippen LogP contribution in [0.15, 0.2) is 12.1 Å². The minimum atomic E-state index is -0.829. The summed E-state index contributed by atoms with van der Waals surface area (Å²) in [7, 11) is 3.96. The van der Waals surface area contributed by atoms with Crippen molar-refractivity contribution in [2.24, 2.45) is 0 Å². The molecule has 0 bridgehead atoms. The zero-order chi connectivity index (χ0) is 13.7. The van der Waals surface area contributed by atoms with Crippen LogP contribution in [0.25, 0.3) is 0 Å². The van der Waals surface area contributed by atoms with Gasteiger partial charge in [-0.05, 0) is 53.1 Å². The molecule has 0 unspecified atom stereocenters. The molecule has 0 aliphatic heterocycles. The zero-order valence-electron chi connectivity index (χ0n) is 11.2. The van der Waals surface area contributed by atoms with Gasteiger partial charge in [-0.3, -0.25) is 0 Å². The average molecular weight is 361 g/mol. The molecule has 0 spiro atoms. The molecule has 18 heavy (non-hydrogen) atoms. The fourth-order valence-corrected chi connectivity index (χ4v) is 3.17. The molecule has 1 N–H and O–H groups in total. The Morgan fingerprint density at radius 2 is 2.00 bits per heavy atom. The highest BCUT2D eigenvalue weighted by atomic mass is 127. The summed E-state index contributed by atoms with van der Waals surface area (Å²) in [5.74, 6) is -0.829. The lowest BCUT2D eigenvalue weighted by molar-refractivity contribution is 0.0695. The predicted molar refractivity (Wildman–Crippen MR) is 83.7 cm³/mol. The molecule has 1 aromatic carbocycles. The van der Waals surface area contributed by atoms with Gasteiger partial charge in [0.05, 0.1) is 5.56 Å². The molecule has 1 rings (SSSR count). The second-order valence-corrected chi connectivity index (χ2v) is 5.66. The van der Waals surface area contributed by atoms with Crippen LogP contribution in [-0.2, 0) is 6.42 Å². The number of carboxylic acid groups (broad SMARTS) is 1. The molecule has 100 valence electrons. The summed E-state index contributed by atoms with van der Waals surface area (Å²) in [6.07, 6.45) is 4.17. The van der Waals surface area contributed by atoms with Crippen molar-refractivity contribution in [2.75, 3.05) is 19.0 Å². The van der Waals surface area contributed by atoms with Gasteiger partial charge in [-0.15, -0.1) is 0 Å². The molecule has 3 nitrogen and oxygen atoms in total. The van der Waals surface area contributed by atoms with Crippen molar-refractivity contribution in [3.63, 3.8) is 0 Å². The van der Waals surface area contributed by atoms with Gasteiger partial charge in [-0.25, -0.2) is 4.79 Å². The van der Waals surface area contributed by atoms with Crippen LogP contribution in [0.3, 0.4) is 0 Å². The third kappa shape index (κ3) is 3.60. The van der Waals surface area contributed by atoms with E-state index in [0.29, 0.717) is 5.56 Å². The fraction of sp³-hybridized carbons (Fsp3) is 0.500. The van der Waals surface area contributed by atoms with E-state index in [0.717, 1.165) is 40.5 Å². The number of halogens is 1. The second kappa shape index (κ2) is 6.97. The van der Waals surface area contributed by atoms with E-state index in [4.69, 9.17) is 0 Å². The van der Waals surface area contributed by atoms with Crippen molar-refractivity contribution < 1.29 is 9.90 Å². The standard InChI is InChI=1S/C14H20INO2/c1-4-5-6-7-10-11(14(17)18)8-9-12(13(10)15)16(2)3/h8-9H,4-7H2,1-3H3,(H,17,18). The van der Waals surface area contributed by atoms with Gasteiger partial charge in [0.15, 0.2) is 0 Å². The molecular weight excluding hydrogens is 341 g/mol. The summed E-state index contributed by atoms with van der Waals surface area (Å²) < 4.78 is 1.06. The number of rotatable bonds is 6. The number of carboxylic acids is 1. The second-order valence-electron chi connectivity index (χ2n) is 4.58. The Bertz CT molecular complexity index is 430. The van der Waals surface area contributed by atoms with Gasteiger partial charge in [-0.1, -0.05) is 19.8 Å². The molecule has 0 radical (unpaired) electrons. The van der Waals surface area contributed by atoms with Crippen molar-refractivity contribution in [1.29, 1.82) is 0 Å². The van der Waals surface area contributed by atoms with Crippen molar-refractivity contribution >= 4 is 34.2 Å². The van der Waals surface area contributed by atoms with Crippen LogP contribution in [0.5, 0.6) is 0 Å². The molecule has 1 aromatic rings. The minimum absolute atomic E-state index is 0.445. The third-order valence-electron chi connectivity index (χ3n) is 2.97. The van der Waals surface area contributed by atoms with Crippen LogP contribution in [-0.4, -0.2) is 25.2 Å². The molecule has 0 atom stereocenters. The molecule has 0 heterocycles. The number of anilines is 1. The Labute approximate surface area is 122 Å². The first kappa shape index (κ1) is 15.3. The summed E-state index contributed by atoms with van der Waals surface area (Å²) >= 11 is 2.26. The largest absolute Gasteiger partial charge is 0.478 e. The maximum atomic E-state index is 11.3. The van der Waals surface area contributed by atoms with Gasteiger partial charge in [0.1, 0.15) is 0 Å². The van der Waals surface area contributed by atoms with Crippen LogP contribution in [0.4, 0.5) is 5.69 Å². The van der Waals surface area contributed by atoms with Gasteiger partial charge >= 0.3 is 5.97 Å². The number of aromatic carboxylic acids is 1. The van der Waals surface area contributed by atoms with E-state index >= 15 is 0 Å². The first-order valence-electron chi connectivity index (χ1n) is 6.21. The van der Waals surface area contributed by atoms with Crippen molar-refractivity contribution in [1.82, 2.24) is 0 Å². The molecular formula is C14H20INO2. The van der Waals surface area contributed by atoms with E-state index in [1.165, 1.54) is 0 Å². The van der Waals surface area contributed by atoms with E-state index in [9.17, 15) is 9.90 Å². The highest BCUT2D eigenvalue weighted by Crippen LogP contribution is 2.28. The number of nitrogens with zero attached hydrogens (tertiary/aromatic N) is 1. The lowest BCUT2D eigenvalue weighted by atomic mass is 10.0. The lowest BCUT2D eigenvalue weighted by Crippen LogP contribution is -2.14. The normalized spacial score (nSPS) is 10.4. The molecule has 0 fully saturated rings. The predicted octanol–water partition coefficient (Wildman–Crippen LogP) is 3.79. The fourth-order valence-electron chi connectivity index (χ4n) is 1.95. The maximum Gasteiger partial charge on any atom is 0.336 e. The summed E-state index contributed by atoms with van der Waals surface area (Å²) in [6, 6.07) is 3.61. The topological polar surface area (TPSA) is 40.5 Å². The first-order chi connectivity index (χ1) is 8.49. The van der Waals surface area contributed by atoms with Gasteiger partial charge in [0, 0.05) is 23.4 Å². The van der Waals surface area contributed by atoms with Crippen LogP contribution in [0, 0.1) is 3.57 Å². The van der Waals surface area contributed by atoms with Crippen LogP contribution in [0.2, 0.25) is 0 Å². The molecule has 0 saturated heterocycles. The summed E-state index contributed by atoms with van der Waals surface area (Å²) in [5, 5.41) is 9.26. The van der Waals surface area contributed by atoms with Crippen molar-refractivity contribution in [3.05, 3.63) is 26.8 Å². The Morgan fingerprint density at radius 3 is 2.50 bits per heavy atom. The SMILES string of the molecule is CCCCCc1c(C(=O)O)ccc(N(C)C)c1I. The van der Waals surface area contributed by atoms with E-state index in [-0.39, 0.29) is 0 Å². The number of unbranched alkanes of at least 4 members (excludes halogenated alkanes) is 2. The van der Waals surface area contributed by atoms with E-state index in [2.05, 4.69) is 29.5 Å². The van der Waals surface area contributed by atoms with Crippen LogP contribution >= 0.6 is 22.6 Å². The van der Waals surface area contributed by atoms with Crippen LogP contribution < -0.4 is 4.90 Å². The van der Waals surface area contributed by atoms with E-state index in [1.807, 2.05) is 25.1 Å². The third-order valence-corrected chi connectivity index (χ3v) is 4.17. The van der Waals surface area contributed by atoms with Gasteiger partial charge < -0.3 is 10.0 Å². The smallest absolute Gasteiger partial charge is 0.336 e. The van der Waals surface area contributed by atoms with Gasteiger partial charge in [0.2, 0.25) is 0 Å². The van der Waals surface area contributed by atoms with Crippen molar-refractivity contribution in [3.8, 4) is 0 Å². The monoisotopic (exact) mass is 361 g/mol. The molecule has 0 aromatic heterocycles. The summed E-state index contributed by atoms with van der Waals surface area (Å²) in [5.41, 5.74) is 2.51. The Morgan fingerprint density at radius 1 is 1.33 bits per heavy atom. The van der Waals surface area contributed by atoms with Crippen molar-refractivity contribution in [2.45, 2.75) is 32.6 Å². The lowest BCUT2D eigenvalue weighted by Gasteiger charge is -2.18. The summed E-state index contributed by atoms with van der Waals surface area (Å²) in [6.45, 7) is 2.15. The van der Waals surface area contributed by atoms with E-state index in [1.54, 1.807) is 6.07 Å². The van der Waals surface area contributed by atoms with Gasteiger partial charge in [0.25, 0.3) is 0 Å². The Kier molecular flexibility index (Phi) is 5.91. The van der Waals surface area contributed by atoms with Crippen LogP contribution in [0.1, 0.15) is 42.1 Å². The quantitative estimate of drug-likeness (QED) is 0.619. The molecule has 4 heteroatoms. The first-order valence-corrected chi connectivity index (χ1v) is 7.28. The average Bonchev–Trinajstić information content (AvgIpc) is 2.30. The zero-order valence-corrected chi connectivity index (χ0v) is 13.3. The highest BCUT2D eigenvalue weighted by molar-refractivity contribution is 14.1. The minimum Gasteiger partial charge on any atom is -0.478 e.